The first kappa shape index (κ1) is 18.2. The Morgan fingerprint density at radius 1 is 1.17 bits per heavy atom. The lowest BCUT2D eigenvalue weighted by atomic mass is 10.2. The SMILES string of the molecule is CS(=O)(=O)c1ccc(C(=O)Nc2ccc(OC(F)F)c(Cl)c2)cc1. The Balaban J connectivity index is 2.13. The van der Waals surface area contributed by atoms with E-state index in [0.717, 1.165) is 6.26 Å². The first-order valence-electron chi connectivity index (χ1n) is 6.52. The van der Waals surface area contributed by atoms with Gasteiger partial charge in [0.25, 0.3) is 5.91 Å². The summed E-state index contributed by atoms with van der Waals surface area (Å²) in [5, 5.41) is 2.44. The van der Waals surface area contributed by atoms with Crippen LogP contribution in [-0.2, 0) is 9.84 Å². The van der Waals surface area contributed by atoms with E-state index in [1.54, 1.807) is 0 Å². The summed E-state index contributed by atoms with van der Waals surface area (Å²) in [7, 11) is -3.35. The van der Waals surface area contributed by atoms with E-state index in [4.69, 9.17) is 11.6 Å². The van der Waals surface area contributed by atoms with Gasteiger partial charge in [0.1, 0.15) is 5.75 Å². The molecule has 9 heteroatoms. The maximum absolute atomic E-state index is 12.2. The molecule has 0 aliphatic heterocycles. The normalized spacial score (nSPS) is 11.4. The number of nitrogens with one attached hydrogen (secondary N) is 1. The number of carbonyl (C=O) groups excluding carboxylic acids is 1. The second kappa shape index (κ2) is 7.14. The zero-order chi connectivity index (χ0) is 17.9. The van der Waals surface area contributed by atoms with Gasteiger partial charge in [-0.25, -0.2) is 8.42 Å². The summed E-state index contributed by atoms with van der Waals surface area (Å²) < 4.78 is 51.3. The fourth-order valence-corrected chi connectivity index (χ4v) is 2.68. The standard InChI is InChI=1S/C15H12ClF2NO4S/c1-24(21,22)11-5-2-9(3-6-11)14(20)19-10-4-7-13(12(16)8-10)23-15(17)18/h2-8,15H,1H3,(H,19,20). The highest BCUT2D eigenvalue weighted by molar-refractivity contribution is 7.90. The number of anilines is 1. The second-order valence-corrected chi connectivity index (χ2v) is 7.20. The molecule has 0 heterocycles. The molecule has 0 fully saturated rings. The van der Waals surface area contributed by atoms with Crippen LogP contribution in [0.2, 0.25) is 5.02 Å². The van der Waals surface area contributed by atoms with Gasteiger partial charge in [-0.3, -0.25) is 4.79 Å². The van der Waals surface area contributed by atoms with Crippen LogP contribution < -0.4 is 10.1 Å². The average molecular weight is 376 g/mol. The van der Waals surface area contributed by atoms with Crippen LogP contribution in [0.5, 0.6) is 5.75 Å². The molecule has 2 rings (SSSR count). The molecular formula is C15H12ClF2NO4S. The van der Waals surface area contributed by atoms with Crippen LogP contribution in [0.15, 0.2) is 47.4 Å². The second-order valence-electron chi connectivity index (χ2n) is 4.77. The largest absolute Gasteiger partial charge is 0.433 e. The Labute approximate surface area is 142 Å². The molecule has 0 spiro atoms. The number of alkyl halides is 2. The molecule has 5 nitrogen and oxygen atoms in total. The predicted octanol–water partition coefficient (Wildman–Crippen LogP) is 3.60. The van der Waals surface area contributed by atoms with E-state index in [1.807, 2.05) is 0 Å². The molecule has 0 radical (unpaired) electrons. The number of hydrogen-bond donors (Lipinski definition) is 1. The van der Waals surface area contributed by atoms with E-state index in [2.05, 4.69) is 10.1 Å². The van der Waals surface area contributed by atoms with Crippen molar-refractivity contribution in [1.82, 2.24) is 0 Å². The topological polar surface area (TPSA) is 72.5 Å². The molecular weight excluding hydrogens is 364 g/mol. The van der Waals surface area contributed by atoms with Crippen molar-refractivity contribution < 1.29 is 26.7 Å². The molecule has 1 amide bonds. The molecule has 2 aromatic rings. The average Bonchev–Trinajstić information content (AvgIpc) is 2.49. The fourth-order valence-electron chi connectivity index (χ4n) is 1.83. The summed E-state index contributed by atoms with van der Waals surface area (Å²) in [5.41, 5.74) is 0.505. The van der Waals surface area contributed by atoms with Gasteiger partial charge in [-0.05, 0) is 42.5 Å². The number of rotatable bonds is 5. The summed E-state index contributed by atoms with van der Waals surface area (Å²) in [6.07, 6.45) is 1.06. The minimum absolute atomic E-state index is 0.0828. The van der Waals surface area contributed by atoms with E-state index in [1.165, 1.54) is 42.5 Å². The van der Waals surface area contributed by atoms with Crippen LogP contribution in [-0.4, -0.2) is 27.2 Å². The van der Waals surface area contributed by atoms with Gasteiger partial charge in [-0.15, -0.1) is 0 Å². The lowest BCUT2D eigenvalue weighted by Crippen LogP contribution is -2.12. The zero-order valence-electron chi connectivity index (χ0n) is 12.3. The van der Waals surface area contributed by atoms with E-state index in [-0.39, 0.29) is 26.9 Å². The number of ether oxygens (including phenoxy) is 1. The molecule has 0 aliphatic carbocycles. The Morgan fingerprint density at radius 2 is 1.79 bits per heavy atom. The van der Waals surface area contributed by atoms with Crippen LogP contribution in [0.1, 0.15) is 10.4 Å². The van der Waals surface area contributed by atoms with Gasteiger partial charge in [0.15, 0.2) is 9.84 Å². The highest BCUT2D eigenvalue weighted by Crippen LogP contribution is 2.29. The molecule has 1 N–H and O–H groups in total. The Bertz CT molecular complexity index is 854. The van der Waals surface area contributed by atoms with Gasteiger partial charge >= 0.3 is 6.61 Å². The Kier molecular flexibility index (Phi) is 5.40. The quantitative estimate of drug-likeness (QED) is 0.866. The maximum Gasteiger partial charge on any atom is 0.387 e. The summed E-state index contributed by atoms with van der Waals surface area (Å²) in [6, 6.07) is 9.18. The molecule has 0 aliphatic rings. The predicted molar refractivity (Wildman–Crippen MR) is 85.6 cm³/mol. The number of carbonyl (C=O) groups is 1. The molecule has 0 bridgehead atoms. The third-order valence-corrected chi connectivity index (χ3v) is 4.37. The maximum atomic E-state index is 12.2. The molecule has 0 saturated carbocycles. The zero-order valence-corrected chi connectivity index (χ0v) is 13.9. The first-order chi connectivity index (χ1) is 11.2. The van der Waals surface area contributed by atoms with Gasteiger partial charge in [0.05, 0.1) is 9.92 Å². The monoisotopic (exact) mass is 375 g/mol. The van der Waals surface area contributed by atoms with Crippen molar-refractivity contribution in [2.75, 3.05) is 11.6 Å². The minimum Gasteiger partial charge on any atom is -0.433 e. The summed E-state index contributed by atoms with van der Waals surface area (Å²) >= 11 is 5.80. The van der Waals surface area contributed by atoms with Gasteiger partial charge in [-0.2, -0.15) is 8.78 Å². The molecule has 0 unspecified atom stereocenters. The number of amides is 1. The summed E-state index contributed by atoms with van der Waals surface area (Å²) in [6.45, 7) is -3.00. The fraction of sp³-hybridized carbons (Fsp3) is 0.133. The van der Waals surface area contributed by atoms with Crippen molar-refractivity contribution >= 4 is 33.0 Å². The van der Waals surface area contributed by atoms with Crippen molar-refractivity contribution in [3.63, 3.8) is 0 Å². The molecule has 0 aromatic heterocycles. The number of sulfone groups is 1. The van der Waals surface area contributed by atoms with Gasteiger partial charge in [0.2, 0.25) is 0 Å². The van der Waals surface area contributed by atoms with Crippen molar-refractivity contribution in [1.29, 1.82) is 0 Å². The van der Waals surface area contributed by atoms with Gasteiger partial charge in [-0.1, -0.05) is 11.6 Å². The number of hydrogen-bond acceptors (Lipinski definition) is 4. The molecule has 24 heavy (non-hydrogen) atoms. The first-order valence-corrected chi connectivity index (χ1v) is 8.79. The third-order valence-electron chi connectivity index (χ3n) is 2.95. The van der Waals surface area contributed by atoms with Crippen LogP contribution >= 0.6 is 11.6 Å². The van der Waals surface area contributed by atoms with Gasteiger partial charge < -0.3 is 10.1 Å². The number of benzene rings is 2. The van der Waals surface area contributed by atoms with Crippen molar-refractivity contribution in [2.45, 2.75) is 11.5 Å². The van der Waals surface area contributed by atoms with Crippen LogP contribution in [0.25, 0.3) is 0 Å². The van der Waals surface area contributed by atoms with E-state index in [9.17, 15) is 22.0 Å². The van der Waals surface area contributed by atoms with Crippen LogP contribution in [0, 0.1) is 0 Å². The molecule has 0 atom stereocenters. The third kappa shape index (κ3) is 4.65. The summed E-state index contributed by atoms with van der Waals surface area (Å²) in [5.74, 6) is -0.712. The smallest absolute Gasteiger partial charge is 0.387 e. The lowest BCUT2D eigenvalue weighted by molar-refractivity contribution is -0.0497. The Morgan fingerprint density at radius 3 is 2.29 bits per heavy atom. The van der Waals surface area contributed by atoms with Gasteiger partial charge in [0, 0.05) is 17.5 Å². The summed E-state index contributed by atoms with van der Waals surface area (Å²) in [4.78, 5) is 12.2. The minimum atomic E-state index is -3.35. The molecule has 0 saturated heterocycles. The highest BCUT2D eigenvalue weighted by atomic mass is 35.5. The van der Waals surface area contributed by atoms with Crippen molar-refractivity contribution in [3.8, 4) is 5.75 Å². The highest BCUT2D eigenvalue weighted by Gasteiger charge is 2.12. The number of halogens is 3. The molecule has 2 aromatic carbocycles. The van der Waals surface area contributed by atoms with E-state index < -0.39 is 22.4 Å². The van der Waals surface area contributed by atoms with Crippen LogP contribution in [0.3, 0.4) is 0 Å². The Hall–Kier alpha value is -2.19. The van der Waals surface area contributed by atoms with Crippen molar-refractivity contribution in [2.24, 2.45) is 0 Å². The lowest BCUT2D eigenvalue weighted by Gasteiger charge is -2.10. The molecule has 128 valence electrons. The van der Waals surface area contributed by atoms with E-state index in [0.29, 0.717) is 0 Å². The van der Waals surface area contributed by atoms with Crippen molar-refractivity contribution in [3.05, 3.63) is 53.1 Å². The van der Waals surface area contributed by atoms with E-state index >= 15 is 0 Å². The van der Waals surface area contributed by atoms with Crippen LogP contribution in [0.4, 0.5) is 14.5 Å².